The number of halogens is 4. The molecule has 0 bridgehead atoms. The highest BCUT2D eigenvalue weighted by molar-refractivity contribution is 5.95. The highest BCUT2D eigenvalue weighted by Crippen LogP contribution is 2.23. The SMILES string of the molecule is O=C(NC(CCCO)c1ccccc1)c1c(F)c(F)cc(F)c1F. The van der Waals surface area contributed by atoms with Crippen molar-refractivity contribution >= 4 is 5.91 Å². The number of aliphatic hydroxyl groups is 1. The number of amides is 1. The van der Waals surface area contributed by atoms with E-state index in [4.69, 9.17) is 5.11 Å². The van der Waals surface area contributed by atoms with Gasteiger partial charge in [-0.15, -0.1) is 0 Å². The minimum absolute atomic E-state index is 0.0435. The van der Waals surface area contributed by atoms with Gasteiger partial charge in [0.15, 0.2) is 23.3 Å². The molecule has 128 valence electrons. The van der Waals surface area contributed by atoms with Gasteiger partial charge in [0.1, 0.15) is 5.56 Å². The molecule has 0 aromatic heterocycles. The number of hydrogen-bond acceptors (Lipinski definition) is 2. The number of aliphatic hydroxyl groups excluding tert-OH is 1. The Balaban J connectivity index is 2.32. The summed E-state index contributed by atoms with van der Waals surface area (Å²) in [5.74, 6) is -8.06. The molecular weight excluding hydrogens is 326 g/mol. The van der Waals surface area contributed by atoms with Gasteiger partial charge in [-0.05, 0) is 18.4 Å². The van der Waals surface area contributed by atoms with Gasteiger partial charge < -0.3 is 10.4 Å². The van der Waals surface area contributed by atoms with Gasteiger partial charge in [0, 0.05) is 12.7 Å². The first-order chi connectivity index (χ1) is 11.5. The Morgan fingerprint density at radius 1 is 1.04 bits per heavy atom. The highest BCUT2D eigenvalue weighted by Gasteiger charge is 2.26. The zero-order valence-electron chi connectivity index (χ0n) is 12.5. The Morgan fingerprint density at radius 2 is 1.62 bits per heavy atom. The smallest absolute Gasteiger partial charge is 0.257 e. The van der Waals surface area contributed by atoms with E-state index in [2.05, 4.69) is 5.32 Å². The van der Waals surface area contributed by atoms with Crippen molar-refractivity contribution in [2.75, 3.05) is 6.61 Å². The van der Waals surface area contributed by atoms with Crippen molar-refractivity contribution in [2.24, 2.45) is 0 Å². The average molecular weight is 341 g/mol. The van der Waals surface area contributed by atoms with Gasteiger partial charge in [-0.1, -0.05) is 30.3 Å². The fraction of sp³-hybridized carbons (Fsp3) is 0.235. The molecule has 0 saturated heterocycles. The normalized spacial score (nSPS) is 12.0. The Hall–Kier alpha value is -2.41. The van der Waals surface area contributed by atoms with E-state index in [1.807, 2.05) is 0 Å². The summed E-state index contributed by atoms with van der Waals surface area (Å²) in [6, 6.07) is 7.89. The Labute approximate surface area is 135 Å². The van der Waals surface area contributed by atoms with Crippen LogP contribution in [0.3, 0.4) is 0 Å². The summed E-state index contributed by atoms with van der Waals surface area (Å²) in [5, 5.41) is 11.3. The molecule has 1 unspecified atom stereocenters. The average Bonchev–Trinajstić information content (AvgIpc) is 2.58. The minimum Gasteiger partial charge on any atom is -0.396 e. The van der Waals surface area contributed by atoms with Crippen LogP contribution in [-0.4, -0.2) is 17.6 Å². The van der Waals surface area contributed by atoms with Crippen molar-refractivity contribution in [3.8, 4) is 0 Å². The van der Waals surface area contributed by atoms with Gasteiger partial charge in [-0.3, -0.25) is 4.79 Å². The van der Waals surface area contributed by atoms with E-state index >= 15 is 0 Å². The first kappa shape index (κ1) is 17.9. The van der Waals surface area contributed by atoms with Crippen LogP contribution in [0.2, 0.25) is 0 Å². The maximum Gasteiger partial charge on any atom is 0.257 e. The van der Waals surface area contributed by atoms with Crippen LogP contribution in [0.25, 0.3) is 0 Å². The monoisotopic (exact) mass is 341 g/mol. The van der Waals surface area contributed by atoms with E-state index in [0.29, 0.717) is 12.0 Å². The predicted molar refractivity (Wildman–Crippen MR) is 79.2 cm³/mol. The molecule has 7 heteroatoms. The Kier molecular flexibility index (Phi) is 5.92. The van der Waals surface area contributed by atoms with Crippen molar-refractivity contribution in [3.05, 3.63) is 70.8 Å². The third kappa shape index (κ3) is 3.91. The summed E-state index contributed by atoms with van der Waals surface area (Å²) >= 11 is 0. The second-order valence-electron chi connectivity index (χ2n) is 5.15. The van der Waals surface area contributed by atoms with Gasteiger partial charge in [-0.25, -0.2) is 17.6 Å². The third-order valence-electron chi connectivity index (χ3n) is 3.50. The lowest BCUT2D eigenvalue weighted by Crippen LogP contribution is -2.31. The lowest BCUT2D eigenvalue weighted by molar-refractivity contribution is 0.0921. The standard InChI is InChI=1S/C17H15F4NO2/c18-11-9-12(19)16(21)14(15(11)20)17(24)22-13(7-4-8-23)10-5-2-1-3-6-10/h1-3,5-6,9,13,23H,4,7-8H2,(H,22,24). The molecule has 1 amide bonds. The van der Waals surface area contributed by atoms with Crippen molar-refractivity contribution in [3.63, 3.8) is 0 Å². The lowest BCUT2D eigenvalue weighted by atomic mass is 10.0. The fourth-order valence-electron chi connectivity index (χ4n) is 2.31. The van der Waals surface area contributed by atoms with Gasteiger partial charge in [0.25, 0.3) is 5.91 Å². The molecule has 24 heavy (non-hydrogen) atoms. The molecule has 2 aromatic rings. The molecule has 0 heterocycles. The number of rotatable bonds is 6. The van der Waals surface area contributed by atoms with Gasteiger partial charge in [-0.2, -0.15) is 0 Å². The van der Waals surface area contributed by atoms with E-state index in [0.717, 1.165) is 0 Å². The third-order valence-corrected chi connectivity index (χ3v) is 3.50. The first-order valence-electron chi connectivity index (χ1n) is 7.25. The van der Waals surface area contributed by atoms with Crippen LogP contribution >= 0.6 is 0 Å². The Morgan fingerprint density at radius 3 is 2.17 bits per heavy atom. The van der Waals surface area contributed by atoms with Crippen LogP contribution in [0.5, 0.6) is 0 Å². The second kappa shape index (κ2) is 7.92. The Bertz CT molecular complexity index is 696. The summed E-state index contributed by atoms with van der Waals surface area (Å²) in [6.07, 6.45) is 0.607. The quantitative estimate of drug-likeness (QED) is 0.624. The maximum atomic E-state index is 13.7. The molecule has 0 aliphatic carbocycles. The molecule has 3 nitrogen and oxygen atoms in total. The van der Waals surface area contributed by atoms with Gasteiger partial charge >= 0.3 is 0 Å². The van der Waals surface area contributed by atoms with Crippen LogP contribution in [0.15, 0.2) is 36.4 Å². The molecule has 2 aromatic carbocycles. The number of nitrogens with one attached hydrogen (secondary N) is 1. The minimum atomic E-state index is -1.75. The summed E-state index contributed by atoms with van der Waals surface area (Å²) in [7, 11) is 0. The maximum absolute atomic E-state index is 13.7. The number of hydrogen-bond donors (Lipinski definition) is 2. The molecule has 2 N–H and O–H groups in total. The molecule has 0 saturated carbocycles. The molecule has 1 atom stereocenters. The van der Waals surface area contributed by atoms with Crippen LogP contribution in [0.4, 0.5) is 17.6 Å². The molecule has 2 rings (SSSR count). The van der Waals surface area contributed by atoms with Crippen LogP contribution in [-0.2, 0) is 0 Å². The van der Waals surface area contributed by atoms with Crippen molar-refractivity contribution in [1.82, 2.24) is 5.32 Å². The summed E-state index contributed by atoms with van der Waals surface area (Å²) in [4.78, 5) is 12.2. The van der Waals surface area contributed by atoms with E-state index in [-0.39, 0.29) is 19.1 Å². The molecule has 0 fully saturated rings. The molecule has 0 spiro atoms. The zero-order chi connectivity index (χ0) is 17.7. The predicted octanol–water partition coefficient (Wildman–Crippen LogP) is 3.49. The molecule has 0 aliphatic rings. The number of benzene rings is 2. The zero-order valence-corrected chi connectivity index (χ0v) is 12.5. The van der Waals surface area contributed by atoms with Crippen molar-refractivity contribution < 1.29 is 27.5 Å². The summed E-state index contributed by atoms with van der Waals surface area (Å²) in [5.41, 5.74) is -0.672. The summed E-state index contributed by atoms with van der Waals surface area (Å²) < 4.78 is 53.9. The molecular formula is C17H15F4NO2. The highest BCUT2D eigenvalue weighted by atomic mass is 19.2. The fourth-order valence-corrected chi connectivity index (χ4v) is 2.31. The number of carbonyl (C=O) groups is 1. The number of carbonyl (C=O) groups excluding carboxylic acids is 1. The second-order valence-corrected chi connectivity index (χ2v) is 5.15. The lowest BCUT2D eigenvalue weighted by Gasteiger charge is -2.19. The van der Waals surface area contributed by atoms with Crippen molar-refractivity contribution in [1.29, 1.82) is 0 Å². The molecule has 0 radical (unpaired) electrons. The molecule has 0 aliphatic heterocycles. The van der Waals surface area contributed by atoms with E-state index in [9.17, 15) is 22.4 Å². The van der Waals surface area contributed by atoms with Crippen LogP contribution < -0.4 is 5.32 Å². The van der Waals surface area contributed by atoms with Crippen LogP contribution in [0.1, 0.15) is 34.8 Å². The van der Waals surface area contributed by atoms with Gasteiger partial charge in [0.2, 0.25) is 0 Å². The van der Waals surface area contributed by atoms with E-state index in [1.54, 1.807) is 30.3 Å². The topological polar surface area (TPSA) is 49.3 Å². The van der Waals surface area contributed by atoms with Crippen LogP contribution in [0, 0.1) is 23.3 Å². The van der Waals surface area contributed by atoms with Gasteiger partial charge in [0.05, 0.1) is 6.04 Å². The van der Waals surface area contributed by atoms with Crippen molar-refractivity contribution in [2.45, 2.75) is 18.9 Å². The largest absolute Gasteiger partial charge is 0.396 e. The van der Waals surface area contributed by atoms with E-state index < -0.39 is 40.8 Å². The first-order valence-corrected chi connectivity index (χ1v) is 7.25. The van der Waals surface area contributed by atoms with E-state index in [1.165, 1.54) is 0 Å². The summed E-state index contributed by atoms with van der Waals surface area (Å²) in [6.45, 7) is -0.142.